The van der Waals surface area contributed by atoms with Crippen LogP contribution in [-0.2, 0) is 11.2 Å². The van der Waals surface area contributed by atoms with Gasteiger partial charge in [0.25, 0.3) is 5.91 Å². The highest BCUT2D eigenvalue weighted by atomic mass is 16.7. The summed E-state index contributed by atoms with van der Waals surface area (Å²) in [4.78, 5) is 33.9. The van der Waals surface area contributed by atoms with Crippen molar-refractivity contribution < 1.29 is 29.3 Å². The van der Waals surface area contributed by atoms with E-state index in [1.54, 1.807) is 30.3 Å². The number of phenolic OH excluding ortho intramolecular Hbond substituents is 1. The van der Waals surface area contributed by atoms with Gasteiger partial charge in [0.1, 0.15) is 17.6 Å². The number of hydrogen-bond acceptors (Lipinski definition) is 6. The van der Waals surface area contributed by atoms with E-state index >= 15 is 0 Å². The molecule has 0 saturated heterocycles. The first-order chi connectivity index (χ1) is 20.9. The molecule has 2 aromatic heterocycles. The first-order valence-electron chi connectivity index (χ1n) is 14.6. The smallest absolute Gasteiger partial charge is 0.326 e. The number of ether oxygens (including phenoxy) is 2. The van der Waals surface area contributed by atoms with Crippen molar-refractivity contribution in [3.8, 4) is 28.6 Å². The molecule has 0 bridgehead atoms. The summed E-state index contributed by atoms with van der Waals surface area (Å²) in [7, 11) is 0. The Labute approximate surface area is 247 Å². The highest BCUT2D eigenvalue weighted by Gasteiger charge is 2.27. The molecule has 2 aliphatic rings. The van der Waals surface area contributed by atoms with Crippen LogP contribution in [0.4, 0.5) is 0 Å². The summed E-state index contributed by atoms with van der Waals surface area (Å²) >= 11 is 0. The van der Waals surface area contributed by atoms with Crippen LogP contribution in [-0.4, -0.2) is 49.5 Å². The van der Waals surface area contributed by atoms with Crippen LogP contribution in [0, 0.1) is 6.92 Å². The molecule has 1 saturated carbocycles. The minimum atomic E-state index is -1.17. The Morgan fingerprint density at radius 2 is 1.86 bits per heavy atom. The second kappa shape index (κ2) is 10.7. The van der Waals surface area contributed by atoms with Gasteiger partial charge in [-0.15, -0.1) is 0 Å². The average Bonchev–Trinajstić information content (AvgIpc) is 3.71. The number of aromatic nitrogens is 3. The molecule has 43 heavy (non-hydrogen) atoms. The van der Waals surface area contributed by atoms with E-state index in [4.69, 9.17) is 14.5 Å². The van der Waals surface area contributed by atoms with Crippen LogP contribution in [0.1, 0.15) is 59.8 Å². The van der Waals surface area contributed by atoms with Crippen LogP contribution in [0.15, 0.2) is 54.6 Å². The molecule has 0 unspecified atom stereocenters. The first kappa shape index (κ1) is 26.9. The molecule has 7 rings (SSSR count). The number of phenols is 1. The Hall–Kier alpha value is -4.99. The third-order valence-corrected chi connectivity index (χ3v) is 8.64. The van der Waals surface area contributed by atoms with Crippen molar-refractivity contribution in [1.29, 1.82) is 0 Å². The maximum Gasteiger partial charge on any atom is 0.326 e. The molecule has 1 aliphatic heterocycles. The molecule has 3 heterocycles. The monoisotopic (exact) mass is 580 g/mol. The lowest BCUT2D eigenvalue weighted by molar-refractivity contribution is -0.139. The number of carboxylic acids is 1. The molecule has 10 heteroatoms. The Kier molecular flexibility index (Phi) is 6.68. The van der Waals surface area contributed by atoms with Crippen LogP contribution in [0.5, 0.6) is 17.2 Å². The van der Waals surface area contributed by atoms with Gasteiger partial charge in [0, 0.05) is 40.2 Å². The van der Waals surface area contributed by atoms with Gasteiger partial charge in [-0.25, -0.2) is 9.78 Å². The van der Waals surface area contributed by atoms with Crippen molar-refractivity contribution >= 4 is 33.8 Å². The van der Waals surface area contributed by atoms with Gasteiger partial charge in [-0.05, 0) is 79.9 Å². The number of carbonyl (C=O) groups excluding carboxylic acids is 1. The van der Waals surface area contributed by atoms with Crippen molar-refractivity contribution in [2.75, 3.05) is 6.79 Å². The van der Waals surface area contributed by atoms with Crippen molar-refractivity contribution in [3.05, 3.63) is 71.4 Å². The van der Waals surface area contributed by atoms with E-state index in [1.165, 1.54) is 6.42 Å². The largest absolute Gasteiger partial charge is 0.508 e. The van der Waals surface area contributed by atoms with Crippen molar-refractivity contribution in [3.63, 3.8) is 0 Å². The fraction of sp³-hybridized carbons (Fsp3) is 0.303. The van der Waals surface area contributed by atoms with Gasteiger partial charge in [0.2, 0.25) is 6.79 Å². The number of carbonyl (C=O) groups is 2. The summed E-state index contributed by atoms with van der Waals surface area (Å²) in [6.07, 6.45) is 5.68. The SMILES string of the molecule is Cc1[nH]c2ccc(O)cc2c1C[C@H](NC(=O)c1ccc2c(c1)nc(-c1ccc3c(c1)OCO3)n2C1CCCCC1)C(=O)O. The normalized spacial score (nSPS) is 15.7. The Bertz CT molecular complexity index is 1880. The molecule has 3 aromatic carbocycles. The van der Waals surface area contributed by atoms with E-state index in [0.29, 0.717) is 22.6 Å². The topological polar surface area (TPSA) is 139 Å². The summed E-state index contributed by atoms with van der Waals surface area (Å²) in [5.74, 6) is 0.640. The van der Waals surface area contributed by atoms with Crippen LogP contribution >= 0.6 is 0 Å². The van der Waals surface area contributed by atoms with Gasteiger partial charge in [0.15, 0.2) is 11.5 Å². The number of fused-ring (bicyclic) bond motifs is 3. The number of amides is 1. The fourth-order valence-corrected chi connectivity index (χ4v) is 6.47. The number of aryl methyl sites for hydroxylation is 1. The predicted molar refractivity (Wildman–Crippen MR) is 161 cm³/mol. The van der Waals surface area contributed by atoms with Gasteiger partial charge >= 0.3 is 5.97 Å². The lowest BCUT2D eigenvalue weighted by atomic mass is 9.94. The first-order valence-corrected chi connectivity index (χ1v) is 14.6. The molecular formula is C33H32N4O6. The summed E-state index contributed by atoms with van der Waals surface area (Å²) in [6, 6.07) is 15.2. The van der Waals surface area contributed by atoms with Crippen molar-refractivity contribution in [2.24, 2.45) is 0 Å². The fourth-order valence-electron chi connectivity index (χ4n) is 6.47. The number of aromatic hydroxyl groups is 1. The number of rotatable bonds is 7. The third kappa shape index (κ3) is 4.92. The minimum Gasteiger partial charge on any atom is -0.508 e. The van der Waals surface area contributed by atoms with Crippen LogP contribution in [0.2, 0.25) is 0 Å². The standard InChI is InChI=1S/C33H32N4O6/c1-18-23(24-15-22(38)9-10-25(24)34-18)16-27(33(40)41)36-32(39)20-7-11-28-26(13-20)35-31(37(28)21-5-3-2-4-6-21)19-8-12-29-30(14-19)43-17-42-29/h7-15,21,27,34,38H,2-6,16-17H2,1H3,(H,36,39)(H,40,41)/t27-/m0/s1. The number of aliphatic carboxylic acids is 1. The quantitative estimate of drug-likeness (QED) is 0.189. The molecule has 10 nitrogen and oxygen atoms in total. The molecule has 1 amide bonds. The zero-order valence-corrected chi connectivity index (χ0v) is 23.7. The van der Waals surface area contributed by atoms with Gasteiger partial charge in [0.05, 0.1) is 11.0 Å². The molecule has 1 fully saturated rings. The van der Waals surface area contributed by atoms with E-state index < -0.39 is 17.9 Å². The zero-order valence-electron chi connectivity index (χ0n) is 23.7. The number of benzene rings is 3. The summed E-state index contributed by atoms with van der Waals surface area (Å²) < 4.78 is 13.4. The lowest BCUT2D eigenvalue weighted by Crippen LogP contribution is -2.42. The average molecular weight is 581 g/mol. The highest BCUT2D eigenvalue weighted by Crippen LogP contribution is 2.40. The molecule has 1 atom stereocenters. The Balaban J connectivity index is 1.21. The number of H-pyrrole nitrogens is 1. The number of carboxylic acid groups (broad SMARTS) is 1. The van der Waals surface area contributed by atoms with Crippen LogP contribution in [0.25, 0.3) is 33.3 Å². The van der Waals surface area contributed by atoms with E-state index in [9.17, 15) is 19.8 Å². The lowest BCUT2D eigenvalue weighted by Gasteiger charge is -2.25. The number of imidazole rings is 1. The maximum atomic E-state index is 13.4. The van der Waals surface area contributed by atoms with Crippen molar-refractivity contribution in [1.82, 2.24) is 19.9 Å². The molecule has 0 radical (unpaired) electrons. The number of nitrogens with one attached hydrogen (secondary N) is 2. The van der Waals surface area contributed by atoms with E-state index in [2.05, 4.69) is 14.9 Å². The molecule has 220 valence electrons. The van der Waals surface area contributed by atoms with E-state index in [-0.39, 0.29) is 25.0 Å². The van der Waals surface area contributed by atoms with Gasteiger partial charge in [-0.2, -0.15) is 0 Å². The van der Waals surface area contributed by atoms with Gasteiger partial charge in [-0.1, -0.05) is 19.3 Å². The molecular weight excluding hydrogens is 548 g/mol. The Morgan fingerprint density at radius 1 is 1.05 bits per heavy atom. The van der Waals surface area contributed by atoms with Gasteiger partial charge in [-0.3, -0.25) is 4.79 Å². The van der Waals surface area contributed by atoms with E-state index in [0.717, 1.165) is 64.7 Å². The maximum absolute atomic E-state index is 13.4. The molecule has 0 spiro atoms. The second-order valence-electron chi connectivity index (χ2n) is 11.4. The van der Waals surface area contributed by atoms with Crippen molar-refractivity contribution in [2.45, 2.75) is 57.5 Å². The van der Waals surface area contributed by atoms with Crippen LogP contribution in [0.3, 0.4) is 0 Å². The number of hydrogen-bond donors (Lipinski definition) is 4. The number of aromatic amines is 1. The summed E-state index contributed by atoms with van der Waals surface area (Å²) in [5.41, 5.74) is 5.14. The molecule has 5 aromatic rings. The summed E-state index contributed by atoms with van der Waals surface area (Å²) in [5, 5.41) is 23.4. The zero-order chi connectivity index (χ0) is 29.7. The highest BCUT2D eigenvalue weighted by molar-refractivity contribution is 6.00. The predicted octanol–water partition coefficient (Wildman–Crippen LogP) is 5.86. The van der Waals surface area contributed by atoms with E-state index in [1.807, 2.05) is 31.2 Å². The third-order valence-electron chi connectivity index (χ3n) is 8.64. The van der Waals surface area contributed by atoms with Crippen LogP contribution < -0.4 is 14.8 Å². The number of nitrogens with zero attached hydrogens (tertiary/aromatic N) is 2. The Morgan fingerprint density at radius 3 is 2.67 bits per heavy atom. The summed E-state index contributed by atoms with van der Waals surface area (Å²) in [6.45, 7) is 2.04. The second-order valence-corrected chi connectivity index (χ2v) is 11.4. The molecule has 4 N–H and O–H groups in total. The minimum absolute atomic E-state index is 0.0587. The van der Waals surface area contributed by atoms with Gasteiger partial charge < -0.3 is 34.6 Å². The molecule has 1 aliphatic carbocycles.